The van der Waals surface area contributed by atoms with Crippen molar-refractivity contribution in [1.29, 1.82) is 0 Å². The number of hydrogen-bond acceptors (Lipinski definition) is 4. The predicted octanol–water partition coefficient (Wildman–Crippen LogP) is 6.43. The first-order valence-corrected chi connectivity index (χ1v) is 13.0. The summed E-state index contributed by atoms with van der Waals surface area (Å²) in [6.45, 7) is 7.53. The Morgan fingerprint density at radius 1 is 0.733 bits per heavy atom. The molecule has 0 saturated carbocycles. The van der Waals surface area contributed by atoms with Crippen LogP contribution >= 0.6 is 10.3 Å². The maximum absolute atomic E-state index is 12.8. The molecule has 0 bridgehead atoms. The summed E-state index contributed by atoms with van der Waals surface area (Å²) in [7, 11) is -6.32. The van der Waals surface area contributed by atoms with Crippen LogP contribution in [-0.4, -0.2) is 19.8 Å². The normalized spacial score (nSPS) is 13.1. The highest BCUT2D eigenvalue weighted by atomic mass is 32.3. The van der Waals surface area contributed by atoms with Crippen LogP contribution in [-0.2, 0) is 13.7 Å². The molecule has 3 rings (SSSR count). The van der Waals surface area contributed by atoms with Gasteiger partial charge in [0, 0.05) is 14.7 Å². The van der Waals surface area contributed by atoms with Crippen LogP contribution in [0.2, 0.25) is 0 Å². The van der Waals surface area contributed by atoms with E-state index in [1.165, 1.54) is 0 Å². The van der Waals surface area contributed by atoms with E-state index in [1.807, 2.05) is 106 Å². The highest BCUT2D eigenvalue weighted by Gasteiger charge is 2.37. The van der Waals surface area contributed by atoms with Crippen molar-refractivity contribution in [1.82, 2.24) is 0 Å². The van der Waals surface area contributed by atoms with Gasteiger partial charge in [0.2, 0.25) is 0 Å². The van der Waals surface area contributed by atoms with Crippen LogP contribution in [0.5, 0.6) is 5.75 Å². The van der Waals surface area contributed by atoms with E-state index in [1.54, 1.807) is 6.92 Å². The molecule has 0 aliphatic heterocycles. The third-order valence-electron chi connectivity index (χ3n) is 4.27. The summed E-state index contributed by atoms with van der Waals surface area (Å²) < 4.78 is 37.8. The van der Waals surface area contributed by atoms with E-state index in [4.69, 9.17) is 8.37 Å². The average molecular weight is 445 g/mol. The summed E-state index contributed by atoms with van der Waals surface area (Å²) in [5, 5.41) is 0. The molecule has 0 aromatic heterocycles. The minimum absolute atomic E-state index is 0.112. The standard InChI is InChI=1S/C24H28O4S2/c1-5-29(25,26)28-30(21-14-8-6-9-15-21,22-16-10-7-11-17-22)23-18-12-13-20(19-23)27-24(2,3)4/h6-19H,5H2,1-4H3. The Hall–Kier alpha value is -2.28. The number of ether oxygens (including phenoxy) is 1. The maximum Gasteiger partial charge on any atom is 0.277 e. The molecule has 0 amide bonds. The topological polar surface area (TPSA) is 52.6 Å². The molecule has 6 heteroatoms. The molecule has 3 aromatic rings. The molecule has 0 unspecified atom stereocenters. The minimum atomic E-state index is -3.77. The fourth-order valence-corrected chi connectivity index (χ4v) is 8.05. The van der Waals surface area contributed by atoms with Crippen LogP contribution in [0.25, 0.3) is 0 Å². The highest BCUT2D eigenvalue weighted by Crippen LogP contribution is 2.70. The van der Waals surface area contributed by atoms with E-state index in [-0.39, 0.29) is 11.4 Å². The third-order valence-corrected chi connectivity index (χ3v) is 9.41. The van der Waals surface area contributed by atoms with Gasteiger partial charge in [-0.15, -0.1) is 0 Å². The third kappa shape index (κ3) is 5.06. The largest absolute Gasteiger partial charge is 0.488 e. The molecule has 0 atom stereocenters. The van der Waals surface area contributed by atoms with Crippen LogP contribution in [0, 0.1) is 0 Å². The molecule has 0 aliphatic rings. The van der Waals surface area contributed by atoms with Gasteiger partial charge >= 0.3 is 0 Å². The summed E-state index contributed by atoms with van der Waals surface area (Å²) in [6.07, 6.45) is 0. The molecule has 0 saturated heterocycles. The minimum Gasteiger partial charge on any atom is -0.488 e. The zero-order valence-electron chi connectivity index (χ0n) is 17.7. The Bertz CT molecular complexity index is 1030. The van der Waals surface area contributed by atoms with Gasteiger partial charge in [-0.3, -0.25) is 0 Å². The van der Waals surface area contributed by atoms with Crippen molar-refractivity contribution < 1.29 is 16.8 Å². The fourth-order valence-electron chi connectivity index (χ4n) is 3.02. The number of benzene rings is 3. The van der Waals surface area contributed by atoms with Gasteiger partial charge in [0.1, 0.15) is 11.4 Å². The molecular formula is C24H28O4S2. The van der Waals surface area contributed by atoms with Gasteiger partial charge in [-0.05, 0) is 80.5 Å². The second-order valence-corrected chi connectivity index (χ2v) is 12.5. The molecule has 4 nitrogen and oxygen atoms in total. The second kappa shape index (κ2) is 8.84. The molecule has 160 valence electrons. The number of rotatable bonds is 7. The van der Waals surface area contributed by atoms with Crippen molar-refractivity contribution in [2.45, 2.75) is 48.0 Å². The van der Waals surface area contributed by atoms with Crippen molar-refractivity contribution in [2.75, 3.05) is 5.75 Å². The Morgan fingerprint density at radius 3 is 1.70 bits per heavy atom. The predicted molar refractivity (Wildman–Crippen MR) is 123 cm³/mol. The van der Waals surface area contributed by atoms with E-state index in [0.717, 1.165) is 14.7 Å². The Kier molecular flexibility index (Phi) is 6.60. The van der Waals surface area contributed by atoms with Crippen molar-refractivity contribution in [2.24, 2.45) is 0 Å². The quantitative estimate of drug-likeness (QED) is 0.421. The van der Waals surface area contributed by atoms with Crippen molar-refractivity contribution in [3.8, 4) is 5.75 Å². The lowest BCUT2D eigenvalue weighted by Gasteiger charge is -2.39. The summed E-state index contributed by atoms with van der Waals surface area (Å²) >= 11 is 0. The van der Waals surface area contributed by atoms with E-state index in [0.29, 0.717) is 5.75 Å². The zero-order valence-corrected chi connectivity index (χ0v) is 19.4. The van der Waals surface area contributed by atoms with Crippen LogP contribution in [0.3, 0.4) is 0 Å². The molecule has 3 aromatic carbocycles. The van der Waals surface area contributed by atoms with Gasteiger partial charge in [0.05, 0.1) is 5.75 Å². The van der Waals surface area contributed by atoms with Crippen LogP contribution in [0.15, 0.2) is 99.6 Å². The molecule has 0 spiro atoms. The smallest absolute Gasteiger partial charge is 0.277 e. The molecule has 0 radical (unpaired) electrons. The van der Waals surface area contributed by atoms with E-state index < -0.39 is 20.4 Å². The molecule has 0 aliphatic carbocycles. The van der Waals surface area contributed by atoms with Gasteiger partial charge in [-0.2, -0.15) is 8.42 Å². The summed E-state index contributed by atoms with van der Waals surface area (Å²) in [6, 6.07) is 26.7. The first-order chi connectivity index (χ1) is 14.2. The monoisotopic (exact) mass is 444 g/mol. The number of hydrogen-bond donors (Lipinski definition) is 0. The lowest BCUT2D eigenvalue weighted by Crippen LogP contribution is -2.23. The van der Waals surface area contributed by atoms with Crippen LogP contribution < -0.4 is 4.74 Å². The maximum atomic E-state index is 12.8. The van der Waals surface area contributed by atoms with E-state index in [2.05, 4.69) is 0 Å². The Labute approximate surface area is 181 Å². The molecular weight excluding hydrogens is 416 g/mol. The first kappa shape index (κ1) is 22.4. The van der Waals surface area contributed by atoms with Gasteiger partial charge in [-0.25, -0.2) is 3.63 Å². The Balaban J connectivity index is 2.33. The summed E-state index contributed by atoms with van der Waals surface area (Å²) in [5.74, 6) is 0.556. The van der Waals surface area contributed by atoms with Crippen molar-refractivity contribution >= 4 is 20.4 Å². The van der Waals surface area contributed by atoms with Crippen LogP contribution in [0.1, 0.15) is 27.7 Å². The molecule has 0 heterocycles. The zero-order chi connectivity index (χ0) is 21.8. The molecule has 30 heavy (non-hydrogen) atoms. The SMILES string of the molecule is CCS(=O)(=O)OS(c1ccccc1)(c1ccccc1)c1cccc(OC(C)(C)C)c1. The summed E-state index contributed by atoms with van der Waals surface area (Å²) in [4.78, 5) is 2.38. The van der Waals surface area contributed by atoms with Gasteiger partial charge < -0.3 is 4.74 Å². The van der Waals surface area contributed by atoms with Gasteiger partial charge in [0.25, 0.3) is 10.1 Å². The molecule has 0 N–H and O–H groups in total. The van der Waals surface area contributed by atoms with Crippen molar-refractivity contribution in [3.63, 3.8) is 0 Å². The lowest BCUT2D eigenvalue weighted by atomic mass is 10.2. The van der Waals surface area contributed by atoms with E-state index in [9.17, 15) is 8.42 Å². The Morgan fingerprint density at radius 2 is 1.23 bits per heavy atom. The van der Waals surface area contributed by atoms with Crippen molar-refractivity contribution in [3.05, 3.63) is 84.9 Å². The highest BCUT2D eigenvalue weighted by molar-refractivity contribution is 8.33. The van der Waals surface area contributed by atoms with Crippen LogP contribution in [0.4, 0.5) is 0 Å². The first-order valence-electron chi connectivity index (χ1n) is 9.83. The lowest BCUT2D eigenvalue weighted by molar-refractivity contribution is 0.130. The fraction of sp³-hybridized carbons (Fsp3) is 0.250. The van der Waals surface area contributed by atoms with Gasteiger partial charge in [0.15, 0.2) is 0 Å². The second-order valence-electron chi connectivity index (χ2n) is 7.79. The van der Waals surface area contributed by atoms with Gasteiger partial charge in [-0.1, -0.05) is 42.5 Å². The summed E-state index contributed by atoms with van der Waals surface area (Å²) in [5.41, 5.74) is -0.382. The average Bonchev–Trinajstić information content (AvgIpc) is 2.72. The van der Waals surface area contributed by atoms with E-state index >= 15 is 0 Å². The molecule has 0 fully saturated rings.